The summed E-state index contributed by atoms with van der Waals surface area (Å²) in [5.41, 5.74) is 1.52. The number of nitrogens with zero attached hydrogens (tertiary/aromatic N) is 2. The summed E-state index contributed by atoms with van der Waals surface area (Å²) in [6, 6.07) is 6.52. The van der Waals surface area contributed by atoms with Crippen LogP contribution in [0.5, 0.6) is 0 Å². The van der Waals surface area contributed by atoms with Gasteiger partial charge in [0.2, 0.25) is 10.0 Å². The van der Waals surface area contributed by atoms with Crippen LogP contribution in [0.25, 0.3) is 0 Å². The number of rotatable bonds is 4. The van der Waals surface area contributed by atoms with Gasteiger partial charge in [0.1, 0.15) is 7.11 Å². The van der Waals surface area contributed by atoms with Crippen LogP contribution in [0.2, 0.25) is 0 Å². The van der Waals surface area contributed by atoms with Crippen LogP contribution in [-0.4, -0.2) is 39.6 Å². The molecule has 17 heavy (non-hydrogen) atoms. The van der Waals surface area contributed by atoms with E-state index in [1.54, 1.807) is 31.2 Å². The Bertz CT molecular complexity index is 504. The topological polar surface area (TPSA) is 59.0 Å². The highest BCUT2D eigenvalue weighted by atomic mass is 32.2. The van der Waals surface area contributed by atoms with Gasteiger partial charge in [0.15, 0.2) is 0 Å². The summed E-state index contributed by atoms with van der Waals surface area (Å²) >= 11 is 0. The monoisotopic (exact) mass is 256 g/mol. The van der Waals surface area contributed by atoms with Crippen molar-refractivity contribution in [3.8, 4) is 0 Å². The van der Waals surface area contributed by atoms with Crippen LogP contribution >= 0.6 is 0 Å². The molecule has 0 fully saturated rings. The van der Waals surface area contributed by atoms with E-state index in [1.165, 1.54) is 25.5 Å². The van der Waals surface area contributed by atoms with Crippen LogP contribution in [0.1, 0.15) is 12.5 Å². The van der Waals surface area contributed by atoms with Crippen LogP contribution < -0.4 is 0 Å². The van der Waals surface area contributed by atoms with Crippen molar-refractivity contribution in [2.75, 3.05) is 21.2 Å². The molecular formula is C11H16N2O3S. The molecule has 0 aliphatic rings. The second-order valence-corrected chi connectivity index (χ2v) is 5.82. The quantitative estimate of drug-likeness (QED) is 0.603. The Morgan fingerprint density at radius 1 is 1.24 bits per heavy atom. The van der Waals surface area contributed by atoms with Gasteiger partial charge in [0.05, 0.1) is 10.6 Å². The highest BCUT2D eigenvalue weighted by Gasteiger charge is 2.16. The molecule has 6 heteroatoms. The predicted octanol–water partition coefficient (Wildman–Crippen LogP) is 1.31. The molecule has 0 heterocycles. The Balaban J connectivity index is 3.09. The van der Waals surface area contributed by atoms with Gasteiger partial charge in [0, 0.05) is 14.1 Å². The van der Waals surface area contributed by atoms with Crippen molar-refractivity contribution in [3.05, 3.63) is 29.8 Å². The zero-order valence-corrected chi connectivity index (χ0v) is 11.2. The maximum atomic E-state index is 11.8. The molecule has 0 aromatic heterocycles. The number of benzene rings is 1. The lowest BCUT2D eigenvalue weighted by atomic mass is 10.1. The highest BCUT2D eigenvalue weighted by molar-refractivity contribution is 7.89. The fourth-order valence-electron chi connectivity index (χ4n) is 1.27. The van der Waals surface area contributed by atoms with Gasteiger partial charge in [-0.1, -0.05) is 17.3 Å². The number of sulfonamides is 1. The van der Waals surface area contributed by atoms with Crippen LogP contribution in [0.3, 0.4) is 0 Å². The van der Waals surface area contributed by atoms with Crippen molar-refractivity contribution >= 4 is 15.7 Å². The molecule has 0 saturated heterocycles. The molecule has 0 aliphatic carbocycles. The minimum absolute atomic E-state index is 0.261. The van der Waals surface area contributed by atoms with Gasteiger partial charge < -0.3 is 4.84 Å². The first-order valence-electron chi connectivity index (χ1n) is 5.00. The molecule has 0 aliphatic heterocycles. The SMILES string of the molecule is CON=C(C)c1ccc(S(=O)(=O)N(C)C)cc1. The summed E-state index contributed by atoms with van der Waals surface area (Å²) in [5, 5.41) is 3.78. The van der Waals surface area contributed by atoms with E-state index in [2.05, 4.69) is 9.99 Å². The Hall–Kier alpha value is -1.40. The molecule has 0 radical (unpaired) electrons. The van der Waals surface area contributed by atoms with E-state index >= 15 is 0 Å². The Labute approximate surface area is 102 Å². The first-order chi connectivity index (χ1) is 7.89. The fraction of sp³-hybridized carbons (Fsp3) is 0.364. The summed E-state index contributed by atoms with van der Waals surface area (Å²) in [4.78, 5) is 4.92. The highest BCUT2D eigenvalue weighted by Crippen LogP contribution is 2.14. The average molecular weight is 256 g/mol. The molecule has 0 bridgehead atoms. The molecule has 0 saturated carbocycles. The smallest absolute Gasteiger partial charge is 0.242 e. The van der Waals surface area contributed by atoms with Crippen molar-refractivity contribution in [2.24, 2.45) is 5.16 Å². The third kappa shape index (κ3) is 3.04. The fourth-order valence-corrected chi connectivity index (χ4v) is 2.17. The Kier molecular flexibility index (Phi) is 4.25. The third-order valence-electron chi connectivity index (χ3n) is 2.28. The molecule has 0 spiro atoms. The summed E-state index contributed by atoms with van der Waals surface area (Å²) in [7, 11) is 1.10. The van der Waals surface area contributed by atoms with Gasteiger partial charge in [0.25, 0.3) is 0 Å². The summed E-state index contributed by atoms with van der Waals surface area (Å²) in [5.74, 6) is 0. The zero-order valence-electron chi connectivity index (χ0n) is 10.3. The molecule has 0 amide bonds. The molecule has 0 N–H and O–H groups in total. The lowest BCUT2D eigenvalue weighted by Crippen LogP contribution is -2.22. The van der Waals surface area contributed by atoms with E-state index in [9.17, 15) is 8.42 Å². The molecule has 0 atom stereocenters. The molecule has 1 aromatic carbocycles. The van der Waals surface area contributed by atoms with Crippen molar-refractivity contribution < 1.29 is 13.3 Å². The summed E-state index contributed by atoms with van der Waals surface area (Å²) < 4.78 is 24.8. The van der Waals surface area contributed by atoms with Crippen molar-refractivity contribution in [1.29, 1.82) is 0 Å². The lowest BCUT2D eigenvalue weighted by molar-refractivity contribution is 0.213. The lowest BCUT2D eigenvalue weighted by Gasteiger charge is -2.11. The minimum Gasteiger partial charge on any atom is -0.399 e. The first kappa shape index (κ1) is 13.7. The first-order valence-corrected chi connectivity index (χ1v) is 6.44. The number of oxime groups is 1. The molecular weight excluding hydrogens is 240 g/mol. The second kappa shape index (κ2) is 5.29. The van der Waals surface area contributed by atoms with Crippen LogP contribution in [0, 0.1) is 0 Å². The molecule has 1 rings (SSSR count). The third-order valence-corrected chi connectivity index (χ3v) is 4.11. The van der Waals surface area contributed by atoms with Gasteiger partial charge in [-0.25, -0.2) is 12.7 Å². The minimum atomic E-state index is -3.37. The molecule has 94 valence electrons. The Morgan fingerprint density at radius 2 is 1.76 bits per heavy atom. The van der Waals surface area contributed by atoms with Crippen LogP contribution in [0.15, 0.2) is 34.3 Å². The molecule has 5 nitrogen and oxygen atoms in total. The van der Waals surface area contributed by atoms with Gasteiger partial charge >= 0.3 is 0 Å². The van der Waals surface area contributed by atoms with Crippen LogP contribution in [0.4, 0.5) is 0 Å². The van der Waals surface area contributed by atoms with Crippen molar-refractivity contribution in [2.45, 2.75) is 11.8 Å². The normalized spacial score (nSPS) is 12.9. The summed E-state index contributed by atoms with van der Waals surface area (Å²) in [6.07, 6.45) is 0. The van der Waals surface area contributed by atoms with Crippen LogP contribution in [-0.2, 0) is 14.9 Å². The predicted molar refractivity (Wildman–Crippen MR) is 66.5 cm³/mol. The number of hydrogen-bond acceptors (Lipinski definition) is 4. The van der Waals surface area contributed by atoms with E-state index in [-0.39, 0.29) is 4.90 Å². The zero-order chi connectivity index (χ0) is 13.1. The standard InChI is InChI=1S/C11H16N2O3S/c1-9(12-16-4)10-5-7-11(8-6-10)17(14,15)13(2)3/h5-8H,1-4H3. The average Bonchev–Trinajstić information content (AvgIpc) is 2.29. The van der Waals surface area contributed by atoms with Gasteiger partial charge in [-0.3, -0.25) is 0 Å². The largest absolute Gasteiger partial charge is 0.399 e. The van der Waals surface area contributed by atoms with E-state index in [0.717, 1.165) is 5.56 Å². The van der Waals surface area contributed by atoms with Gasteiger partial charge in [-0.2, -0.15) is 0 Å². The Morgan fingerprint density at radius 3 is 2.18 bits per heavy atom. The maximum absolute atomic E-state index is 11.8. The van der Waals surface area contributed by atoms with E-state index < -0.39 is 10.0 Å². The second-order valence-electron chi connectivity index (χ2n) is 3.67. The van der Waals surface area contributed by atoms with E-state index in [4.69, 9.17) is 0 Å². The van der Waals surface area contributed by atoms with Gasteiger partial charge in [-0.05, 0) is 24.6 Å². The van der Waals surface area contributed by atoms with E-state index in [1.807, 2.05) is 0 Å². The molecule has 1 aromatic rings. The summed E-state index contributed by atoms with van der Waals surface area (Å²) in [6.45, 7) is 1.79. The van der Waals surface area contributed by atoms with Gasteiger partial charge in [-0.15, -0.1) is 0 Å². The maximum Gasteiger partial charge on any atom is 0.242 e. The van der Waals surface area contributed by atoms with E-state index in [0.29, 0.717) is 5.71 Å². The number of hydrogen-bond donors (Lipinski definition) is 0. The van der Waals surface area contributed by atoms with Crippen molar-refractivity contribution in [3.63, 3.8) is 0 Å². The van der Waals surface area contributed by atoms with Crippen molar-refractivity contribution in [1.82, 2.24) is 4.31 Å². The molecule has 0 unspecified atom stereocenters.